The molecule has 2 N–H and O–H groups in total. The molecule has 0 amide bonds. The topological polar surface area (TPSA) is 60.9 Å². The Balaban J connectivity index is 2.81. The molecule has 0 bridgehead atoms. The largest absolute Gasteiger partial charge is 0.322 e. The van der Waals surface area contributed by atoms with E-state index in [0.29, 0.717) is 5.69 Å². The van der Waals surface area contributed by atoms with Crippen LogP contribution in [-0.4, -0.2) is 9.55 Å². The summed E-state index contributed by atoms with van der Waals surface area (Å²) < 4.78 is 14.6. The predicted molar refractivity (Wildman–Crippen MR) is 67.4 cm³/mol. The zero-order valence-corrected chi connectivity index (χ0v) is 10.4. The summed E-state index contributed by atoms with van der Waals surface area (Å²) in [6.45, 7) is 1.62. The fourth-order valence-corrected chi connectivity index (χ4v) is 1.75. The van der Waals surface area contributed by atoms with Crippen molar-refractivity contribution in [3.63, 3.8) is 0 Å². The van der Waals surface area contributed by atoms with Gasteiger partial charge in [0.2, 0.25) is 5.95 Å². The second-order valence-corrected chi connectivity index (χ2v) is 4.22. The van der Waals surface area contributed by atoms with E-state index in [1.807, 2.05) is 0 Å². The van der Waals surface area contributed by atoms with Crippen molar-refractivity contribution in [1.29, 1.82) is 0 Å². The van der Waals surface area contributed by atoms with Gasteiger partial charge in [0, 0.05) is 0 Å². The van der Waals surface area contributed by atoms with E-state index < -0.39 is 22.6 Å². The highest BCUT2D eigenvalue weighted by molar-refractivity contribution is 6.30. The van der Waals surface area contributed by atoms with E-state index in [1.54, 1.807) is 37.3 Å². The monoisotopic (exact) mass is 267 g/mol. The van der Waals surface area contributed by atoms with Crippen LogP contribution < -0.4 is 11.3 Å². The predicted octanol–water partition coefficient (Wildman–Crippen LogP) is 2.04. The van der Waals surface area contributed by atoms with Gasteiger partial charge in [-0.1, -0.05) is 29.8 Å². The molecule has 0 aliphatic carbocycles. The minimum atomic E-state index is -0.999. The van der Waals surface area contributed by atoms with Crippen LogP contribution in [0.2, 0.25) is 5.02 Å². The standard InChI is InChI=1S/C12H11ClFN3O/c1-7(15)11-16-10(14)9(13)12(18)17(11)8-5-3-2-4-6-8/h2-7H,15H2,1H3/t7-/m0/s1. The fraction of sp³-hybridized carbons (Fsp3) is 0.167. The lowest BCUT2D eigenvalue weighted by Gasteiger charge is -2.14. The SMILES string of the molecule is C[C@H](N)c1nc(F)c(Cl)c(=O)n1-c1ccccc1. The lowest BCUT2D eigenvalue weighted by molar-refractivity contribution is 0.545. The van der Waals surface area contributed by atoms with Crippen LogP contribution in [0.1, 0.15) is 18.8 Å². The van der Waals surface area contributed by atoms with Gasteiger partial charge in [0.15, 0.2) is 5.02 Å². The molecule has 2 rings (SSSR count). The number of rotatable bonds is 2. The van der Waals surface area contributed by atoms with Gasteiger partial charge in [-0.2, -0.15) is 4.39 Å². The highest BCUT2D eigenvalue weighted by Crippen LogP contribution is 2.15. The Labute approximate surface area is 108 Å². The third-order valence-corrected chi connectivity index (χ3v) is 2.75. The normalized spacial score (nSPS) is 12.4. The number of nitrogens with two attached hydrogens (primary N) is 1. The van der Waals surface area contributed by atoms with Crippen molar-refractivity contribution in [2.24, 2.45) is 5.73 Å². The lowest BCUT2D eigenvalue weighted by atomic mass is 10.2. The van der Waals surface area contributed by atoms with Crippen molar-refractivity contribution in [1.82, 2.24) is 9.55 Å². The van der Waals surface area contributed by atoms with Crippen LogP contribution in [0.4, 0.5) is 4.39 Å². The van der Waals surface area contributed by atoms with E-state index in [2.05, 4.69) is 4.98 Å². The van der Waals surface area contributed by atoms with Crippen molar-refractivity contribution < 1.29 is 4.39 Å². The molecular weight excluding hydrogens is 257 g/mol. The summed E-state index contributed by atoms with van der Waals surface area (Å²) in [5.74, 6) is -0.866. The third-order valence-electron chi connectivity index (χ3n) is 2.44. The molecule has 0 spiro atoms. The number of aromatic nitrogens is 2. The second-order valence-electron chi connectivity index (χ2n) is 3.84. The van der Waals surface area contributed by atoms with Crippen LogP contribution in [0.25, 0.3) is 5.69 Å². The molecule has 0 aliphatic rings. The minimum Gasteiger partial charge on any atom is -0.322 e. The molecule has 0 saturated heterocycles. The summed E-state index contributed by atoms with van der Waals surface area (Å²) in [5, 5.41) is -0.539. The Kier molecular flexibility index (Phi) is 3.45. The van der Waals surface area contributed by atoms with Crippen molar-refractivity contribution >= 4 is 11.6 Å². The molecule has 0 saturated carbocycles. The van der Waals surface area contributed by atoms with Gasteiger partial charge in [-0.05, 0) is 19.1 Å². The Hall–Kier alpha value is -1.72. The summed E-state index contributed by atoms with van der Waals surface area (Å²) in [6, 6.07) is 8.11. The van der Waals surface area contributed by atoms with Crippen LogP contribution in [-0.2, 0) is 0 Å². The Morgan fingerprint density at radius 1 is 1.39 bits per heavy atom. The van der Waals surface area contributed by atoms with Crippen molar-refractivity contribution in [2.75, 3.05) is 0 Å². The summed E-state index contributed by atoms with van der Waals surface area (Å²) in [7, 11) is 0. The maximum Gasteiger partial charge on any atom is 0.280 e. The highest BCUT2D eigenvalue weighted by Gasteiger charge is 2.18. The Morgan fingerprint density at radius 2 is 2.00 bits per heavy atom. The van der Waals surface area contributed by atoms with Gasteiger partial charge < -0.3 is 5.73 Å². The molecule has 1 aromatic heterocycles. The summed E-state index contributed by atoms with van der Waals surface area (Å²) in [5.41, 5.74) is 5.59. The Bertz CT molecular complexity index is 625. The smallest absolute Gasteiger partial charge is 0.280 e. The van der Waals surface area contributed by atoms with E-state index in [1.165, 1.54) is 4.57 Å². The van der Waals surface area contributed by atoms with Crippen LogP contribution in [0.15, 0.2) is 35.1 Å². The quantitative estimate of drug-likeness (QED) is 0.847. The third kappa shape index (κ3) is 2.14. The summed E-state index contributed by atoms with van der Waals surface area (Å²) in [4.78, 5) is 15.7. The van der Waals surface area contributed by atoms with Gasteiger partial charge in [0.1, 0.15) is 5.82 Å². The maximum atomic E-state index is 13.4. The number of benzene rings is 1. The van der Waals surface area contributed by atoms with E-state index >= 15 is 0 Å². The average Bonchev–Trinajstić information content (AvgIpc) is 2.36. The first kappa shape index (κ1) is 12.7. The first-order chi connectivity index (χ1) is 8.52. The van der Waals surface area contributed by atoms with Crippen molar-refractivity contribution in [2.45, 2.75) is 13.0 Å². The zero-order valence-electron chi connectivity index (χ0n) is 9.60. The van der Waals surface area contributed by atoms with E-state index in [0.717, 1.165) is 0 Å². The molecule has 2 aromatic rings. The molecule has 4 nitrogen and oxygen atoms in total. The highest BCUT2D eigenvalue weighted by atomic mass is 35.5. The van der Waals surface area contributed by atoms with E-state index in [-0.39, 0.29) is 5.82 Å². The number of hydrogen-bond donors (Lipinski definition) is 1. The second kappa shape index (κ2) is 4.88. The molecular formula is C12H11ClFN3O. The molecule has 0 radical (unpaired) electrons. The lowest BCUT2D eigenvalue weighted by Crippen LogP contribution is -2.28. The number of nitrogens with zero attached hydrogens (tertiary/aromatic N) is 2. The molecule has 0 aliphatic heterocycles. The van der Waals surface area contributed by atoms with Crippen LogP contribution in [0.5, 0.6) is 0 Å². The molecule has 0 unspecified atom stereocenters. The number of hydrogen-bond acceptors (Lipinski definition) is 3. The minimum absolute atomic E-state index is 0.133. The van der Waals surface area contributed by atoms with Gasteiger partial charge in [-0.3, -0.25) is 9.36 Å². The molecule has 0 fully saturated rings. The molecule has 1 aromatic carbocycles. The van der Waals surface area contributed by atoms with E-state index in [4.69, 9.17) is 17.3 Å². The average molecular weight is 268 g/mol. The van der Waals surface area contributed by atoms with Crippen molar-refractivity contribution in [3.05, 3.63) is 57.5 Å². The maximum absolute atomic E-state index is 13.4. The first-order valence-electron chi connectivity index (χ1n) is 5.31. The van der Waals surface area contributed by atoms with Gasteiger partial charge in [0.25, 0.3) is 5.56 Å². The van der Waals surface area contributed by atoms with Crippen LogP contribution in [0, 0.1) is 5.95 Å². The molecule has 1 heterocycles. The fourth-order valence-electron chi connectivity index (χ4n) is 1.62. The van der Waals surface area contributed by atoms with Gasteiger partial charge in [0.05, 0.1) is 11.7 Å². The summed E-state index contributed by atoms with van der Waals surface area (Å²) >= 11 is 5.60. The van der Waals surface area contributed by atoms with Crippen LogP contribution in [0.3, 0.4) is 0 Å². The number of para-hydroxylation sites is 1. The summed E-state index contributed by atoms with van der Waals surface area (Å²) in [6.07, 6.45) is 0. The molecule has 94 valence electrons. The van der Waals surface area contributed by atoms with Gasteiger partial charge in [-0.25, -0.2) is 4.98 Å². The first-order valence-corrected chi connectivity index (χ1v) is 5.69. The van der Waals surface area contributed by atoms with E-state index in [9.17, 15) is 9.18 Å². The molecule has 1 atom stereocenters. The molecule has 6 heteroatoms. The van der Waals surface area contributed by atoms with Crippen molar-refractivity contribution in [3.8, 4) is 5.69 Å². The van der Waals surface area contributed by atoms with Crippen LogP contribution >= 0.6 is 11.6 Å². The molecule has 18 heavy (non-hydrogen) atoms. The number of halogens is 2. The van der Waals surface area contributed by atoms with Gasteiger partial charge in [-0.15, -0.1) is 0 Å². The zero-order chi connectivity index (χ0) is 13.3. The van der Waals surface area contributed by atoms with Gasteiger partial charge >= 0.3 is 0 Å². The Morgan fingerprint density at radius 3 is 2.56 bits per heavy atom.